The zero-order valence-corrected chi connectivity index (χ0v) is 15.8. The van der Waals surface area contributed by atoms with Gasteiger partial charge in [0.15, 0.2) is 17.3 Å². The summed E-state index contributed by atoms with van der Waals surface area (Å²) < 4.78 is 20.5. The number of ether oxygens (including phenoxy) is 3. The molecule has 0 unspecified atom stereocenters. The fraction of sp³-hybridized carbons (Fsp3) is 0.316. The van der Waals surface area contributed by atoms with Crippen LogP contribution >= 0.6 is 0 Å². The Bertz CT molecular complexity index is 959. The van der Waals surface area contributed by atoms with Crippen LogP contribution in [0, 0.1) is 6.92 Å². The van der Waals surface area contributed by atoms with Gasteiger partial charge >= 0.3 is 11.9 Å². The van der Waals surface area contributed by atoms with Crippen LogP contribution in [0.2, 0.25) is 0 Å². The first-order valence-electron chi connectivity index (χ1n) is 8.13. The summed E-state index contributed by atoms with van der Waals surface area (Å²) in [4.78, 5) is 36.0. The first kappa shape index (κ1) is 20.8. The van der Waals surface area contributed by atoms with Gasteiger partial charge in [0.05, 0.1) is 33.7 Å². The number of esters is 1. The van der Waals surface area contributed by atoms with Crippen LogP contribution in [0.25, 0.3) is 0 Å². The third kappa shape index (κ3) is 3.93. The van der Waals surface area contributed by atoms with Gasteiger partial charge in [-0.2, -0.15) is 0 Å². The second-order valence-electron chi connectivity index (χ2n) is 5.84. The number of hydrogen-bond donors (Lipinski definition) is 2. The molecule has 9 heteroatoms. The number of rotatable bonds is 7. The Labute approximate surface area is 160 Å². The fourth-order valence-corrected chi connectivity index (χ4v) is 2.91. The van der Waals surface area contributed by atoms with Crippen molar-refractivity contribution < 1.29 is 38.4 Å². The Morgan fingerprint density at radius 2 is 1.86 bits per heavy atom. The van der Waals surface area contributed by atoms with Crippen molar-refractivity contribution in [2.45, 2.75) is 19.3 Å². The highest BCUT2D eigenvalue weighted by Crippen LogP contribution is 2.41. The first-order valence-corrected chi connectivity index (χ1v) is 8.13. The lowest BCUT2D eigenvalue weighted by Gasteiger charge is -2.21. The van der Waals surface area contributed by atoms with E-state index in [2.05, 4.69) is 4.74 Å². The average Bonchev–Trinajstić information content (AvgIpc) is 2.67. The van der Waals surface area contributed by atoms with Crippen LogP contribution in [0.1, 0.15) is 39.8 Å². The molecule has 1 aromatic carbocycles. The Hall–Kier alpha value is -3.49. The summed E-state index contributed by atoms with van der Waals surface area (Å²) in [5.74, 6) is -3.85. The maximum absolute atomic E-state index is 12.0. The van der Waals surface area contributed by atoms with Gasteiger partial charge in [-0.1, -0.05) is 6.07 Å². The minimum absolute atomic E-state index is 0.0724. The molecule has 0 amide bonds. The monoisotopic (exact) mass is 392 g/mol. The van der Waals surface area contributed by atoms with Crippen LogP contribution < -0.4 is 14.9 Å². The van der Waals surface area contributed by atoms with Gasteiger partial charge < -0.3 is 28.8 Å². The topological polar surface area (TPSA) is 132 Å². The quantitative estimate of drug-likeness (QED) is 0.679. The molecule has 1 aromatic heterocycles. The van der Waals surface area contributed by atoms with Gasteiger partial charge in [-0.05, 0) is 18.6 Å². The zero-order chi connectivity index (χ0) is 21.0. The minimum atomic E-state index is -1.35. The third-order valence-corrected chi connectivity index (χ3v) is 4.15. The summed E-state index contributed by atoms with van der Waals surface area (Å²) in [5.41, 5.74) is -0.926. The smallest absolute Gasteiger partial charge is 0.339 e. The standard InChI is InChI=1S/C19H20O9/c1-9-7-12(20)16(22)17(28-9)11(8-14(21)26-3)10-5-6-13(25-2)18(27-4)15(10)19(23)24/h5-7,11,22H,8H2,1-4H3,(H,23,24)/t11-/m1/s1. The van der Waals surface area contributed by atoms with E-state index in [1.165, 1.54) is 40.4 Å². The van der Waals surface area contributed by atoms with Crippen molar-refractivity contribution in [3.05, 3.63) is 51.1 Å². The number of hydrogen-bond acceptors (Lipinski definition) is 8. The van der Waals surface area contributed by atoms with Crippen molar-refractivity contribution >= 4 is 11.9 Å². The molecule has 0 radical (unpaired) electrons. The van der Waals surface area contributed by atoms with Crippen LogP contribution in [0.15, 0.2) is 27.4 Å². The second-order valence-corrected chi connectivity index (χ2v) is 5.84. The van der Waals surface area contributed by atoms with Gasteiger partial charge in [0, 0.05) is 6.07 Å². The Kier molecular flexibility index (Phi) is 6.29. The van der Waals surface area contributed by atoms with Crippen molar-refractivity contribution in [2.24, 2.45) is 0 Å². The number of aryl methyl sites for hydroxylation is 1. The highest BCUT2D eigenvalue weighted by Gasteiger charge is 2.32. The predicted molar refractivity (Wildman–Crippen MR) is 96.4 cm³/mol. The number of benzene rings is 1. The van der Waals surface area contributed by atoms with Crippen molar-refractivity contribution in [2.75, 3.05) is 21.3 Å². The number of methoxy groups -OCH3 is 3. The molecule has 0 saturated heterocycles. The molecule has 0 aliphatic rings. The SMILES string of the molecule is COC(=O)C[C@H](c1ccc(OC)c(OC)c1C(=O)O)c1oc(C)cc(=O)c1O. The second kappa shape index (κ2) is 8.47. The Morgan fingerprint density at radius 1 is 1.18 bits per heavy atom. The summed E-state index contributed by atoms with van der Waals surface area (Å²) >= 11 is 0. The van der Waals surface area contributed by atoms with Gasteiger partial charge in [0.25, 0.3) is 0 Å². The molecule has 0 bridgehead atoms. The normalized spacial score (nSPS) is 11.6. The molecule has 1 atom stereocenters. The number of aromatic carboxylic acids is 1. The van der Waals surface area contributed by atoms with Crippen molar-refractivity contribution in [3.63, 3.8) is 0 Å². The van der Waals surface area contributed by atoms with E-state index in [0.717, 1.165) is 6.07 Å². The van der Waals surface area contributed by atoms with Crippen molar-refractivity contribution in [3.8, 4) is 17.2 Å². The molecular weight excluding hydrogens is 372 g/mol. The minimum Gasteiger partial charge on any atom is -0.502 e. The Morgan fingerprint density at radius 3 is 2.39 bits per heavy atom. The van der Waals surface area contributed by atoms with Gasteiger partial charge in [-0.25, -0.2) is 4.79 Å². The molecule has 0 saturated carbocycles. The predicted octanol–water partition coefficient (Wildman–Crippen LogP) is 2.06. The zero-order valence-electron chi connectivity index (χ0n) is 15.8. The van der Waals surface area contributed by atoms with Gasteiger partial charge in [0.2, 0.25) is 11.2 Å². The van der Waals surface area contributed by atoms with Crippen LogP contribution in [0.3, 0.4) is 0 Å². The maximum atomic E-state index is 12.0. The van der Waals surface area contributed by atoms with E-state index >= 15 is 0 Å². The molecule has 28 heavy (non-hydrogen) atoms. The van der Waals surface area contributed by atoms with E-state index in [4.69, 9.17) is 13.9 Å². The number of carbonyl (C=O) groups is 2. The first-order chi connectivity index (χ1) is 13.2. The molecule has 9 nitrogen and oxygen atoms in total. The number of carboxylic acid groups (broad SMARTS) is 1. The summed E-state index contributed by atoms with van der Waals surface area (Å²) in [6.07, 6.45) is -0.383. The summed E-state index contributed by atoms with van der Waals surface area (Å²) in [7, 11) is 3.78. The van der Waals surface area contributed by atoms with E-state index in [9.17, 15) is 24.6 Å². The van der Waals surface area contributed by atoms with E-state index in [-0.39, 0.29) is 40.6 Å². The number of carboxylic acids is 1. The van der Waals surface area contributed by atoms with Gasteiger partial charge in [0.1, 0.15) is 11.3 Å². The highest BCUT2D eigenvalue weighted by atomic mass is 16.5. The lowest BCUT2D eigenvalue weighted by molar-refractivity contribution is -0.141. The largest absolute Gasteiger partial charge is 0.502 e. The fourth-order valence-electron chi connectivity index (χ4n) is 2.91. The molecule has 2 aromatic rings. The summed E-state index contributed by atoms with van der Waals surface area (Å²) in [6.45, 7) is 1.49. The molecule has 0 aliphatic carbocycles. The average molecular weight is 392 g/mol. The molecule has 150 valence electrons. The lowest BCUT2D eigenvalue weighted by Crippen LogP contribution is -2.17. The van der Waals surface area contributed by atoms with Gasteiger partial charge in [-0.3, -0.25) is 9.59 Å². The van der Waals surface area contributed by atoms with Crippen molar-refractivity contribution in [1.29, 1.82) is 0 Å². The summed E-state index contributed by atoms with van der Waals surface area (Å²) in [6, 6.07) is 3.94. The molecule has 0 fully saturated rings. The maximum Gasteiger partial charge on any atom is 0.339 e. The van der Waals surface area contributed by atoms with Crippen LogP contribution in [-0.2, 0) is 9.53 Å². The van der Waals surface area contributed by atoms with E-state index < -0.39 is 29.0 Å². The van der Waals surface area contributed by atoms with Crippen molar-refractivity contribution in [1.82, 2.24) is 0 Å². The summed E-state index contributed by atoms with van der Waals surface area (Å²) in [5, 5.41) is 20.0. The number of aromatic hydroxyl groups is 1. The van der Waals surface area contributed by atoms with Crippen LogP contribution in [-0.4, -0.2) is 43.5 Å². The van der Waals surface area contributed by atoms with E-state index in [0.29, 0.717) is 0 Å². The van der Waals surface area contributed by atoms with E-state index in [1.54, 1.807) is 0 Å². The Balaban J connectivity index is 2.84. The lowest BCUT2D eigenvalue weighted by atomic mass is 9.88. The highest BCUT2D eigenvalue weighted by molar-refractivity contribution is 5.94. The van der Waals surface area contributed by atoms with Crippen LogP contribution in [0.4, 0.5) is 0 Å². The molecule has 2 N–H and O–H groups in total. The van der Waals surface area contributed by atoms with Gasteiger partial charge in [-0.15, -0.1) is 0 Å². The number of carbonyl (C=O) groups excluding carboxylic acids is 1. The molecule has 0 spiro atoms. The third-order valence-electron chi connectivity index (χ3n) is 4.15. The molecular formula is C19H20O9. The molecule has 1 heterocycles. The van der Waals surface area contributed by atoms with E-state index in [1.807, 2.05) is 0 Å². The molecule has 0 aliphatic heterocycles. The van der Waals surface area contributed by atoms with Crippen LogP contribution in [0.5, 0.6) is 17.2 Å². The molecule has 2 rings (SSSR count).